The Hall–Kier alpha value is -0.790. The van der Waals surface area contributed by atoms with Crippen LogP contribution in [0.3, 0.4) is 0 Å². The molecule has 1 radical (unpaired) electrons. The maximum absolute atomic E-state index is 3.85. The quantitative estimate of drug-likeness (QED) is 0.651. The highest BCUT2D eigenvalue weighted by Gasteiger charge is 2.15. The van der Waals surface area contributed by atoms with Gasteiger partial charge in [0.15, 0.2) is 0 Å². The second-order valence-electron chi connectivity index (χ2n) is 3.29. The molecule has 1 aliphatic carbocycles. The Balaban J connectivity index is 2.04. The lowest BCUT2D eigenvalue weighted by Gasteiger charge is -2.19. The standard InChI is InChI=1S/C9H13N2/c1-2-4-8(5-3-1)9-6-10-11-7-9/h6,8H,1-5H2,(H,10,11). The summed E-state index contributed by atoms with van der Waals surface area (Å²) in [5, 5.41) is 6.67. The molecule has 1 aromatic rings. The zero-order valence-corrected chi connectivity index (χ0v) is 6.64. The number of hydrogen-bond acceptors (Lipinski definition) is 1. The van der Waals surface area contributed by atoms with Crippen molar-refractivity contribution < 1.29 is 0 Å². The molecule has 2 rings (SSSR count). The molecule has 0 unspecified atom stereocenters. The van der Waals surface area contributed by atoms with Crippen molar-refractivity contribution in [2.24, 2.45) is 0 Å². The van der Waals surface area contributed by atoms with Crippen LogP contribution in [0.5, 0.6) is 0 Å². The molecule has 0 saturated heterocycles. The van der Waals surface area contributed by atoms with Gasteiger partial charge in [-0.2, -0.15) is 5.10 Å². The molecular weight excluding hydrogens is 136 g/mol. The van der Waals surface area contributed by atoms with Crippen LogP contribution in [0.2, 0.25) is 0 Å². The summed E-state index contributed by atoms with van der Waals surface area (Å²) < 4.78 is 0. The fourth-order valence-corrected chi connectivity index (χ4v) is 1.85. The molecule has 1 heterocycles. The van der Waals surface area contributed by atoms with Gasteiger partial charge in [-0.1, -0.05) is 19.3 Å². The van der Waals surface area contributed by atoms with E-state index < -0.39 is 0 Å². The molecule has 0 aliphatic heterocycles. The zero-order valence-electron chi connectivity index (χ0n) is 6.64. The van der Waals surface area contributed by atoms with Gasteiger partial charge >= 0.3 is 0 Å². The molecule has 11 heavy (non-hydrogen) atoms. The van der Waals surface area contributed by atoms with Crippen molar-refractivity contribution in [1.29, 1.82) is 0 Å². The number of rotatable bonds is 1. The maximum Gasteiger partial charge on any atom is 0.116 e. The summed E-state index contributed by atoms with van der Waals surface area (Å²) >= 11 is 0. The number of aromatic amines is 1. The number of H-pyrrole nitrogens is 1. The summed E-state index contributed by atoms with van der Waals surface area (Å²) in [6.07, 6.45) is 11.8. The van der Waals surface area contributed by atoms with Crippen molar-refractivity contribution in [2.45, 2.75) is 38.0 Å². The summed E-state index contributed by atoms with van der Waals surface area (Å²) in [7, 11) is 0. The average Bonchev–Trinajstić information content (AvgIpc) is 2.58. The Kier molecular flexibility index (Phi) is 1.93. The van der Waals surface area contributed by atoms with Gasteiger partial charge in [-0.15, -0.1) is 0 Å². The fourth-order valence-electron chi connectivity index (χ4n) is 1.85. The molecule has 0 aromatic carbocycles. The largest absolute Gasteiger partial charge is 0.285 e. The summed E-state index contributed by atoms with van der Waals surface area (Å²) in [4.78, 5) is 0. The van der Waals surface area contributed by atoms with Crippen molar-refractivity contribution in [3.63, 3.8) is 0 Å². The van der Waals surface area contributed by atoms with E-state index in [2.05, 4.69) is 16.4 Å². The number of nitrogens with zero attached hydrogens (tertiary/aromatic N) is 1. The molecule has 1 N–H and O–H groups in total. The van der Waals surface area contributed by atoms with Gasteiger partial charge in [-0.3, -0.25) is 5.10 Å². The van der Waals surface area contributed by atoms with E-state index in [0.717, 1.165) is 5.92 Å². The van der Waals surface area contributed by atoms with Gasteiger partial charge in [0.2, 0.25) is 0 Å². The van der Waals surface area contributed by atoms with Gasteiger partial charge < -0.3 is 0 Å². The van der Waals surface area contributed by atoms with Crippen LogP contribution in [0, 0.1) is 6.20 Å². The van der Waals surface area contributed by atoms with E-state index >= 15 is 0 Å². The van der Waals surface area contributed by atoms with Crippen molar-refractivity contribution in [3.8, 4) is 0 Å². The minimum Gasteiger partial charge on any atom is -0.285 e. The highest BCUT2D eigenvalue weighted by molar-refractivity contribution is 5.09. The third kappa shape index (κ3) is 1.44. The Bertz CT molecular complexity index is 197. The molecule has 0 spiro atoms. The SMILES string of the molecule is [c]1n[nH]cc1C1CCCCC1. The van der Waals surface area contributed by atoms with Gasteiger partial charge in [-0.25, -0.2) is 0 Å². The molecule has 1 saturated carbocycles. The molecule has 1 aliphatic rings. The van der Waals surface area contributed by atoms with Crippen molar-refractivity contribution in [1.82, 2.24) is 10.2 Å². The maximum atomic E-state index is 3.85. The summed E-state index contributed by atoms with van der Waals surface area (Å²) in [6.45, 7) is 0. The van der Waals surface area contributed by atoms with Crippen LogP contribution < -0.4 is 0 Å². The minimum atomic E-state index is 0.738. The summed E-state index contributed by atoms with van der Waals surface area (Å²) in [5.41, 5.74) is 1.28. The smallest absolute Gasteiger partial charge is 0.116 e. The molecule has 1 fully saturated rings. The molecule has 59 valence electrons. The Morgan fingerprint density at radius 3 is 2.82 bits per heavy atom. The number of nitrogens with one attached hydrogen (secondary N) is 1. The van der Waals surface area contributed by atoms with Crippen LogP contribution in [0.25, 0.3) is 0 Å². The molecule has 1 aromatic heterocycles. The Labute approximate surface area is 67.0 Å². The van der Waals surface area contributed by atoms with E-state index in [1.54, 1.807) is 0 Å². The Morgan fingerprint density at radius 2 is 2.18 bits per heavy atom. The number of aromatic nitrogens is 2. The lowest BCUT2D eigenvalue weighted by Crippen LogP contribution is -2.03. The first-order valence-corrected chi connectivity index (χ1v) is 4.38. The van der Waals surface area contributed by atoms with E-state index in [9.17, 15) is 0 Å². The van der Waals surface area contributed by atoms with Gasteiger partial charge in [0.25, 0.3) is 0 Å². The summed E-state index contributed by atoms with van der Waals surface area (Å²) in [6, 6.07) is 0. The second kappa shape index (κ2) is 3.07. The fraction of sp³-hybridized carbons (Fsp3) is 0.667. The predicted molar refractivity (Wildman–Crippen MR) is 43.2 cm³/mol. The minimum absolute atomic E-state index is 0.738. The van der Waals surface area contributed by atoms with Gasteiger partial charge in [0.05, 0.1) is 0 Å². The van der Waals surface area contributed by atoms with Crippen LogP contribution in [0.15, 0.2) is 6.20 Å². The van der Waals surface area contributed by atoms with E-state index in [1.165, 1.54) is 37.7 Å². The third-order valence-electron chi connectivity index (χ3n) is 2.51. The van der Waals surface area contributed by atoms with E-state index in [4.69, 9.17) is 0 Å². The zero-order chi connectivity index (χ0) is 7.52. The molecule has 0 bridgehead atoms. The first-order valence-electron chi connectivity index (χ1n) is 4.38. The molecule has 2 heteroatoms. The van der Waals surface area contributed by atoms with E-state index in [0.29, 0.717) is 0 Å². The van der Waals surface area contributed by atoms with Crippen LogP contribution >= 0.6 is 0 Å². The molecule has 0 amide bonds. The number of hydrogen-bond donors (Lipinski definition) is 1. The Morgan fingerprint density at radius 1 is 1.36 bits per heavy atom. The summed E-state index contributed by atoms with van der Waals surface area (Å²) in [5.74, 6) is 0.738. The molecule has 2 nitrogen and oxygen atoms in total. The first kappa shape index (κ1) is 6.89. The molecule has 0 atom stereocenters. The second-order valence-corrected chi connectivity index (χ2v) is 3.29. The van der Waals surface area contributed by atoms with Gasteiger partial charge in [0, 0.05) is 11.8 Å². The van der Waals surface area contributed by atoms with Crippen LogP contribution in [-0.2, 0) is 0 Å². The third-order valence-corrected chi connectivity index (χ3v) is 2.51. The van der Waals surface area contributed by atoms with Crippen LogP contribution in [0.1, 0.15) is 43.6 Å². The normalized spacial score (nSPS) is 20.4. The van der Waals surface area contributed by atoms with Crippen LogP contribution in [-0.4, -0.2) is 10.2 Å². The molecular formula is C9H13N2. The van der Waals surface area contributed by atoms with Gasteiger partial charge in [0.1, 0.15) is 6.20 Å². The lowest BCUT2D eigenvalue weighted by atomic mass is 9.86. The van der Waals surface area contributed by atoms with Crippen molar-refractivity contribution in [3.05, 3.63) is 18.0 Å². The topological polar surface area (TPSA) is 28.7 Å². The van der Waals surface area contributed by atoms with E-state index in [1.807, 2.05) is 6.20 Å². The van der Waals surface area contributed by atoms with Crippen molar-refractivity contribution in [2.75, 3.05) is 0 Å². The monoisotopic (exact) mass is 149 g/mol. The lowest BCUT2D eigenvalue weighted by molar-refractivity contribution is 0.443. The van der Waals surface area contributed by atoms with Gasteiger partial charge in [-0.05, 0) is 18.8 Å². The van der Waals surface area contributed by atoms with Crippen molar-refractivity contribution >= 4 is 0 Å². The average molecular weight is 149 g/mol. The van der Waals surface area contributed by atoms with Crippen LogP contribution in [0.4, 0.5) is 0 Å². The highest BCUT2D eigenvalue weighted by atomic mass is 15.1. The predicted octanol–water partition coefficient (Wildman–Crippen LogP) is 2.26. The van der Waals surface area contributed by atoms with E-state index in [-0.39, 0.29) is 0 Å². The highest BCUT2D eigenvalue weighted by Crippen LogP contribution is 2.31. The first-order chi connectivity index (χ1) is 5.47.